The molecule has 0 radical (unpaired) electrons. The lowest BCUT2D eigenvalue weighted by atomic mass is 10.1. The largest absolute Gasteiger partial charge is 0.314 e. The molecule has 0 amide bonds. The average Bonchev–Trinajstić information content (AvgIpc) is 2.41. The molecule has 0 aliphatic heterocycles. The van der Waals surface area contributed by atoms with Crippen LogP contribution in [0.5, 0.6) is 0 Å². The maximum atomic E-state index is 11.9. The van der Waals surface area contributed by atoms with Gasteiger partial charge >= 0.3 is 0 Å². The first kappa shape index (κ1) is 14.5. The second-order valence-corrected chi connectivity index (χ2v) is 5.43. The minimum atomic E-state index is -0.425. The van der Waals surface area contributed by atoms with E-state index >= 15 is 0 Å². The second-order valence-electron chi connectivity index (χ2n) is 4.51. The van der Waals surface area contributed by atoms with E-state index in [2.05, 4.69) is 15.9 Å². The highest BCUT2D eigenvalue weighted by Crippen LogP contribution is 2.13. The van der Waals surface area contributed by atoms with Crippen LogP contribution in [0.15, 0.2) is 45.8 Å². The summed E-state index contributed by atoms with van der Waals surface area (Å²) in [7, 11) is 0. The number of pyridine rings is 1. The molecule has 104 valence electrons. The van der Waals surface area contributed by atoms with Gasteiger partial charge in [-0.05, 0) is 40.9 Å². The zero-order valence-corrected chi connectivity index (χ0v) is 12.5. The molecule has 0 aliphatic rings. The van der Waals surface area contributed by atoms with Crippen LogP contribution in [0.25, 0.3) is 0 Å². The lowest BCUT2D eigenvalue weighted by Gasteiger charge is -2.07. The number of rotatable bonds is 4. The van der Waals surface area contributed by atoms with Crippen molar-refractivity contribution in [2.45, 2.75) is 19.9 Å². The van der Waals surface area contributed by atoms with Crippen molar-refractivity contribution in [3.63, 3.8) is 0 Å². The Bertz CT molecular complexity index is 693. The second kappa shape index (κ2) is 6.00. The number of hydrogen-bond acceptors (Lipinski definition) is 3. The number of nitro groups is 1. The smallest absolute Gasteiger partial charge is 0.269 e. The molecular formula is C14H13BrN2O3. The summed E-state index contributed by atoms with van der Waals surface area (Å²) >= 11 is 3.36. The average molecular weight is 337 g/mol. The molecule has 0 saturated carbocycles. The Hall–Kier alpha value is -1.95. The number of aryl methyl sites for hydroxylation is 3. The first-order valence-corrected chi connectivity index (χ1v) is 6.86. The van der Waals surface area contributed by atoms with Gasteiger partial charge in [0.25, 0.3) is 11.2 Å². The van der Waals surface area contributed by atoms with Crippen LogP contribution in [-0.4, -0.2) is 9.49 Å². The van der Waals surface area contributed by atoms with E-state index in [0.29, 0.717) is 18.5 Å². The van der Waals surface area contributed by atoms with E-state index in [1.54, 1.807) is 35.9 Å². The summed E-state index contributed by atoms with van der Waals surface area (Å²) in [6.45, 7) is 2.31. The summed E-state index contributed by atoms with van der Waals surface area (Å²) in [4.78, 5) is 22.1. The maximum absolute atomic E-state index is 11.9. The first-order valence-electron chi connectivity index (χ1n) is 6.07. The molecule has 20 heavy (non-hydrogen) atoms. The molecule has 5 nitrogen and oxygen atoms in total. The molecule has 1 aromatic carbocycles. The molecule has 2 aromatic rings. The van der Waals surface area contributed by atoms with Gasteiger partial charge < -0.3 is 4.57 Å². The quantitative estimate of drug-likeness (QED) is 0.636. The van der Waals surface area contributed by atoms with Gasteiger partial charge in [-0.25, -0.2) is 0 Å². The Labute approximate surface area is 124 Å². The van der Waals surface area contributed by atoms with Crippen LogP contribution in [0.3, 0.4) is 0 Å². The van der Waals surface area contributed by atoms with Crippen molar-refractivity contribution in [1.82, 2.24) is 4.57 Å². The normalized spacial score (nSPS) is 10.5. The number of halogens is 1. The van der Waals surface area contributed by atoms with Crippen molar-refractivity contribution in [1.29, 1.82) is 0 Å². The number of nitro benzene ring substituents is 1. The predicted octanol–water partition coefficient (Wildman–Crippen LogP) is 3.07. The van der Waals surface area contributed by atoms with Gasteiger partial charge in [0, 0.05) is 34.9 Å². The Kier molecular flexibility index (Phi) is 4.34. The Morgan fingerprint density at radius 1 is 1.30 bits per heavy atom. The Balaban J connectivity index is 2.13. The van der Waals surface area contributed by atoms with Crippen LogP contribution in [0.4, 0.5) is 5.69 Å². The number of hydrogen-bond donors (Lipinski definition) is 0. The van der Waals surface area contributed by atoms with Crippen LogP contribution in [0.1, 0.15) is 11.1 Å². The fourth-order valence-electron chi connectivity index (χ4n) is 1.94. The SMILES string of the molecule is Cc1cc(Br)cn(CCc2ccc([N+](=O)[O-])cc2)c1=O. The van der Waals surface area contributed by atoms with Gasteiger partial charge in [0.05, 0.1) is 4.92 Å². The van der Waals surface area contributed by atoms with Gasteiger partial charge in [-0.3, -0.25) is 14.9 Å². The van der Waals surface area contributed by atoms with Gasteiger partial charge in [-0.1, -0.05) is 12.1 Å². The molecule has 0 N–H and O–H groups in total. The maximum Gasteiger partial charge on any atom is 0.269 e. The zero-order valence-electron chi connectivity index (χ0n) is 10.9. The van der Waals surface area contributed by atoms with Crippen molar-refractivity contribution in [2.75, 3.05) is 0 Å². The van der Waals surface area contributed by atoms with Crippen LogP contribution in [-0.2, 0) is 13.0 Å². The van der Waals surface area contributed by atoms with Crippen molar-refractivity contribution in [3.05, 3.63) is 72.6 Å². The van der Waals surface area contributed by atoms with E-state index < -0.39 is 4.92 Å². The van der Waals surface area contributed by atoms with Crippen molar-refractivity contribution in [2.24, 2.45) is 0 Å². The fraction of sp³-hybridized carbons (Fsp3) is 0.214. The summed E-state index contributed by atoms with van der Waals surface area (Å²) in [5, 5.41) is 10.6. The predicted molar refractivity (Wildman–Crippen MR) is 79.9 cm³/mol. The van der Waals surface area contributed by atoms with E-state index in [4.69, 9.17) is 0 Å². The standard InChI is InChI=1S/C14H13BrN2O3/c1-10-8-12(15)9-16(14(10)18)7-6-11-2-4-13(5-3-11)17(19)20/h2-5,8-9H,6-7H2,1H3. The number of nitrogens with zero attached hydrogens (tertiary/aromatic N) is 2. The van der Waals surface area contributed by atoms with Crippen LogP contribution < -0.4 is 5.56 Å². The van der Waals surface area contributed by atoms with E-state index in [9.17, 15) is 14.9 Å². The van der Waals surface area contributed by atoms with Crippen molar-refractivity contribution in [3.8, 4) is 0 Å². The summed E-state index contributed by atoms with van der Waals surface area (Å²) in [6, 6.07) is 8.17. The van der Waals surface area contributed by atoms with Crippen LogP contribution in [0, 0.1) is 17.0 Å². The molecule has 0 saturated heterocycles. The Morgan fingerprint density at radius 3 is 2.55 bits per heavy atom. The van der Waals surface area contributed by atoms with Crippen molar-refractivity contribution >= 4 is 21.6 Å². The molecule has 0 aliphatic carbocycles. The first-order chi connectivity index (χ1) is 9.47. The van der Waals surface area contributed by atoms with Crippen LogP contribution in [0.2, 0.25) is 0 Å². The van der Waals surface area contributed by atoms with Gasteiger partial charge in [-0.15, -0.1) is 0 Å². The van der Waals surface area contributed by atoms with Gasteiger partial charge in [-0.2, -0.15) is 0 Å². The summed E-state index contributed by atoms with van der Waals surface area (Å²) in [6.07, 6.45) is 2.40. The molecule has 0 atom stereocenters. The molecule has 0 fully saturated rings. The molecule has 1 aromatic heterocycles. The third-order valence-corrected chi connectivity index (χ3v) is 3.45. The number of benzene rings is 1. The summed E-state index contributed by atoms with van der Waals surface area (Å²) in [5.41, 5.74) is 1.70. The Morgan fingerprint density at radius 2 is 1.95 bits per heavy atom. The molecule has 1 heterocycles. The van der Waals surface area contributed by atoms with E-state index in [1.165, 1.54) is 12.1 Å². The zero-order chi connectivity index (χ0) is 14.7. The summed E-state index contributed by atoms with van der Waals surface area (Å²) in [5.74, 6) is 0. The molecule has 2 rings (SSSR count). The lowest BCUT2D eigenvalue weighted by molar-refractivity contribution is -0.384. The minimum Gasteiger partial charge on any atom is -0.314 e. The fourth-order valence-corrected chi connectivity index (χ4v) is 2.53. The van der Waals surface area contributed by atoms with E-state index in [1.807, 2.05) is 0 Å². The topological polar surface area (TPSA) is 65.1 Å². The highest BCUT2D eigenvalue weighted by atomic mass is 79.9. The third-order valence-electron chi connectivity index (χ3n) is 3.02. The van der Waals surface area contributed by atoms with Gasteiger partial charge in [0.2, 0.25) is 0 Å². The third kappa shape index (κ3) is 3.33. The molecule has 6 heteroatoms. The van der Waals surface area contributed by atoms with Crippen LogP contribution >= 0.6 is 15.9 Å². The summed E-state index contributed by atoms with van der Waals surface area (Å²) < 4.78 is 2.50. The highest BCUT2D eigenvalue weighted by molar-refractivity contribution is 9.10. The lowest BCUT2D eigenvalue weighted by Crippen LogP contribution is -2.22. The van der Waals surface area contributed by atoms with Gasteiger partial charge in [0.15, 0.2) is 0 Å². The van der Waals surface area contributed by atoms with Crippen molar-refractivity contribution < 1.29 is 4.92 Å². The molecule has 0 bridgehead atoms. The molecule has 0 spiro atoms. The molecular weight excluding hydrogens is 324 g/mol. The monoisotopic (exact) mass is 336 g/mol. The number of aromatic nitrogens is 1. The molecule has 0 unspecified atom stereocenters. The van der Waals surface area contributed by atoms with E-state index in [0.717, 1.165) is 10.0 Å². The minimum absolute atomic E-state index is 0.0184. The van der Waals surface area contributed by atoms with Gasteiger partial charge in [0.1, 0.15) is 0 Å². The highest BCUT2D eigenvalue weighted by Gasteiger charge is 2.05. The number of non-ortho nitro benzene ring substituents is 1. The van der Waals surface area contributed by atoms with E-state index in [-0.39, 0.29) is 11.2 Å².